The lowest BCUT2D eigenvalue weighted by atomic mass is 9.94. The number of ether oxygens (including phenoxy) is 1. The van der Waals surface area contributed by atoms with E-state index in [0.29, 0.717) is 25.1 Å². The maximum atomic E-state index is 10.2. The minimum absolute atomic E-state index is 0.359. The van der Waals surface area contributed by atoms with Crippen LogP contribution >= 0.6 is 0 Å². The predicted molar refractivity (Wildman–Crippen MR) is 91.5 cm³/mol. The molecule has 0 aliphatic heterocycles. The molecule has 0 bridgehead atoms. The molecule has 1 saturated carbocycles. The van der Waals surface area contributed by atoms with E-state index in [0.717, 1.165) is 5.75 Å². The van der Waals surface area contributed by atoms with Gasteiger partial charge in [-0.2, -0.15) is 0 Å². The van der Waals surface area contributed by atoms with E-state index in [1.165, 1.54) is 37.7 Å². The Hall–Kier alpha value is -1.06. The SMILES string of the molecule is CC(C)c1ccc(OC[C@H](O)CN(C)C2CCCCC2)cc1. The Morgan fingerprint density at radius 1 is 1.14 bits per heavy atom. The molecule has 0 amide bonds. The molecule has 1 aromatic rings. The molecule has 3 nitrogen and oxygen atoms in total. The first kappa shape index (κ1) is 17.3. The fourth-order valence-electron chi connectivity index (χ4n) is 3.20. The van der Waals surface area contributed by atoms with E-state index in [-0.39, 0.29) is 0 Å². The average Bonchev–Trinajstić information content (AvgIpc) is 2.54. The molecule has 1 aromatic carbocycles. The van der Waals surface area contributed by atoms with Gasteiger partial charge < -0.3 is 14.7 Å². The quantitative estimate of drug-likeness (QED) is 0.831. The molecule has 1 atom stereocenters. The molecular formula is C19H31NO2. The smallest absolute Gasteiger partial charge is 0.119 e. The molecule has 0 heterocycles. The third-order valence-electron chi connectivity index (χ3n) is 4.69. The van der Waals surface area contributed by atoms with E-state index in [4.69, 9.17) is 4.74 Å². The van der Waals surface area contributed by atoms with Crippen LogP contribution in [-0.2, 0) is 0 Å². The monoisotopic (exact) mass is 305 g/mol. The Balaban J connectivity index is 1.73. The van der Waals surface area contributed by atoms with Crippen LogP contribution in [0, 0.1) is 0 Å². The number of benzene rings is 1. The Kier molecular flexibility index (Phi) is 6.71. The first-order valence-electron chi connectivity index (χ1n) is 8.67. The van der Waals surface area contributed by atoms with Crippen LogP contribution in [-0.4, -0.2) is 42.4 Å². The Bertz CT molecular complexity index is 424. The second-order valence-corrected chi connectivity index (χ2v) is 6.92. The highest BCUT2D eigenvalue weighted by Crippen LogP contribution is 2.22. The molecule has 1 aliphatic carbocycles. The molecule has 22 heavy (non-hydrogen) atoms. The number of hydrogen-bond donors (Lipinski definition) is 1. The van der Waals surface area contributed by atoms with Gasteiger partial charge in [-0.15, -0.1) is 0 Å². The van der Waals surface area contributed by atoms with Crippen LogP contribution in [0.4, 0.5) is 0 Å². The molecule has 1 N–H and O–H groups in total. The van der Waals surface area contributed by atoms with Crippen LogP contribution < -0.4 is 4.74 Å². The van der Waals surface area contributed by atoms with Gasteiger partial charge in [-0.1, -0.05) is 45.2 Å². The summed E-state index contributed by atoms with van der Waals surface area (Å²) in [5.74, 6) is 1.37. The summed E-state index contributed by atoms with van der Waals surface area (Å²) in [6.45, 7) is 5.41. The first-order valence-corrected chi connectivity index (χ1v) is 8.67. The van der Waals surface area contributed by atoms with Gasteiger partial charge in [0.05, 0.1) is 0 Å². The molecule has 0 spiro atoms. The molecule has 1 aliphatic rings. The van der Waals surface area contributed by atoms with Crippen LogP contribution in [0.3, 0.4) is 0 Å². The fraction of sp³-hybridized carbons (Fsp3) is 0.684. The number of aliphatic hydroxyl groups excluding tert-OH is 1. The van der Waals surface area contributed by atoms with E-state index in [2.05, 4.69) is 37.9 Å². The molecule has 0 saturated heterocycles. The molecular weight excluding hydrogens is 274 g/mol. The van der Waals surface area contributed by atoms with Crippen molar-refractivity contribution in [1.82, 2.24) is 4.90 Å². The standard InChI is InChI=1S/C19H31NO2/c1-15(2)16-9-11-19(12-10-16)22-14-18(21)13-20(3)17-7-5-4-6-8-17/h9-12,15,17-18,21H,4-8,13-14H2,1-3H3/t18-/m1/s1. The number of aliphatic hydroxyl groups is 1. The van der Waals surface area contributed by atoms with Gasteiger partial charge >= 0.3 is 0 Å². The zero-order chi connectivity index (χ0) is 15.9. The van der Waals surface area contributed by atoms with Crippen molar-refractivity contribution in [2.24, 2.45) is 0 Å². The molecule has 0 unspecified atom stereocenters. The van der Waals surface area contributed by atoms with Crippen molar-refractivity contribution in [3.63, 3.8) is 0 Å². The van der Waals surface area contributed by atoms with E-state index in [1.807, 2.05) is 12.1 Å². The summed E-state index contributed by atoms with van der Waals surface area (Å²) in [5, 5.41) is 10.2. The second-order valence-electron chi connectivity index (χ2n) is 6.92. The van der Waals surface area contributed by atoms with Crippen LogP contribution in [0.1, 0.15) is 57.4 Å². The van der Waals surface area contributed by atoms with Crippen molar-refractivity contribution in [3.05, 3.63) is 29.8 Å². The summed E-state index contributed by atoms with van der Waals surface area (Å²) >= 11 is 0. The van der Waals surface area contributed by atoms with Crippen molar-refractivity contribution in [1.29, 1.82) is 0 Å². The van der Waals surface area contributed by atoms with Crippen LogP contribution in [0.15, 0.2) is 24.3 Å². The number of likely N-dealkylation sites (N-methyl/N-ethyl adjacent to an activating group) is 1. The normalized spacial score (nSPS) is 17.9. The van der Waals surface area contributed by atoms with Gasteiger partial charge in [-0.05, 0) is 43.5 Å². The Labute approximate surface area is 135 Å². The first-order chi connectivity index (χ1) is 10.6. The molecule has 0 radical (unpaired) electrons. The van der Waals surface area contributed by atoms with Crippen molar-refractivity contribution < 1.29 is 9.84 Å². The lowest BCUT2D eigenvalue weighted by Gasteiger charge is -2.32. The number of rotatable bonds is 7. The number of hydrogen-bond acceptors (Lipinski definition) is 3. The van der Waals surface area contributed by atoms with E-state index < -0.39 is 6.10 Å². The Morgan fingerprint density at radius 2 is 1.77 bits per heavy atom. The second kappa shape index (κ2) is 8.54. The van der Waals surface area contributed by atoms with Crippen LogP contribution in [0.5, 0.6) is 5.75 Å². The van der Waals surface area contributed by atoms with Gasteiger partial charge in [0, 0.05) is 12.6 Å². The average molecular weight is 305 g/mol. The predicted octanol–water partition coefficient (Wildman–Crippen LogP) is 3.81. The third-order valence-corrected chi connectivity index (χ3v) is 4.69. The van der Waals surface area contributed by atoms with Gasteiger partial charge in [0.25, 0.3) is 0 Å². The van der Waals surface area contributed by atoms with E-state index in [9.17, 15) is 5.11 Å². The minimum Gasteiger partial charge on any atom is -0.491 e. The highest BCUT2D eigenvalue weighted by atomic mass is 16.5. The summed E-state index contributed by atoms with van der Waals surface area (Å²) in [6.07, 6.45) is 6.11. The molecule has 2 rings (SSSR count). The zero-order valence-corrected chi connectivity index (χ0v) is 14.3. The van der Waals surface area contributed by atoms with Crippen molar-refractivity contribution >= 4 is 0 Å². The Morgan fingerprint density at radius 3 is 2.36 bits per heavy atom. The lowest BCUT2D eigenvalue weighted by molar-refractivity contribution is 0.0561. The molecule has 3 heteroatoms. The van der Waals surface area contributed by atoms with Crippen LogP contribution in [0.25, 0.3) is 0 Å². The summed E-state index contributed by atoms with van der Waals surface area (Å²) in [5.41, 5.74) is 1.31. The van der Waals surface area contributed by atoms with Gasteiger partial charge in [-0.3, -0.25) is 0 Å². The molecule has 0 aromatic heterocycles. The maximum Gasteiger partial charge on any atom is 0.119 e. The van der Waals surface area contributed by atoms with Gasteiger partial charge in [-0.25, -0.2) is 0 Å². The fourth-order valence-corrected chi connectivity index (χ4v) is 3.20. The van der Waals surface area contributed by atoms with Crippen molar-refractivity contribution in [3.8, 4) is 5.75 Å². The van der Waals surface area contributed by atoms with Gasteiger partial charge in [0.15, 0.2) is 0 Å². The zero-order valence-electron chi connectivity index (χ0n) is 14.3. The molecule has 124 valence electrons. The largest absolute Gasteiger partial charge is 0.491 e. The summed E-state index contributed by atoms with van der Waals surface area (Å²) < 4.78 is 5.71. The highest BCUT2D eigenvalue weighted by Gasteiger charge is 2.20. The van der Waals surface area contributed by atoms with Gasteiger partial charge in [0.2, 0.25) is 0 Å². The summed E-state index contributed by atoms with van der Waals surface area (Å²) in [4.78, 5) is 2.30. The topological polar surface area (TPSA) is 32.7 Å². The van der Waals surface area contributed by atoms with Crippen LogP contribution in [0.2, 0.25) is 0 Å². The molecule has 1 fully saturated rings. The summed E-state index contributed by atoms with van der Waals surface area (Å²) in [6, 6.07) is 8.81. The highest BCUT2D eigenvalue weighted by molar-refractivity contribution is 5.28. The van der Waals surface area contributed by atoms with Gasteiger partial charge in [0.1, 0.15) is 18.5 Å². The lowest BCUT2D eigenvalue weighted by Crippen LogP contribution is -2.40. The summed E-state index contributed by atoms with van der Waals surface area (Å²) in [7, 11) is 2.12. The minimum atomic E-state index is -0.434. The van der Waals surface area contributed by atoms with E-state index >= 15 is 0 Å². The third kappa shape index (κ3) is 5.29. The maximum absolute atomic E-state index is 10.2. The van der Waals surface area contributed by atoms with Crippen molar-refractivity contribution in [2.75, 3.05) is 20.2 Å². The number of nitrogens with zero attached hydrogens (tertiary/aromatic N) is 1. The van der Waals surface area contributed by atoms with Crippen molar-refractivity contribution in [2.45, 2.75) is 64.0 Å². The van der Waals surface area contributed by atoms with E-state index in [1.54, 1.807) is 0 Å².